The van der Waals surface area contributed by atoms with Crippen molar-refractivity contribution in [2.75, 3.05) is 20.1 Å². The minimum Gasteiger partial charge on any atom is -0.370 e. The first kappa shape index (κ1) is 12.5. The number of hydrogen-bond acceptors (Lipinski definition) is 3. The fourth-order valence-electron chi connectivity index (χ4n) is 2.17. The van der Waals surface area contributed by atoms with Crippen molar-refractivity contribution in [1.29, 1.82) is 0 Å². The van der Waals surface area contributed by atoms with Gasteiger partial charge in [-0.3, -0.25) is 4.79 Å². The highest BCUT2D eigenvalue weighted by molar-refractivity contribution is 5.74. The van der Waals surface area contributed by atoms with Crippen molar-refractivity contribution in [3.8, 4) is 0 Å². The van der Waals surface area contributed by atoms with Crippen molar-refractivity contribution < 1.29 is 4.79 Å². The van der Waals surface area contributed by atoms with Crippen molar-refractivity contribution in [1.82, 2.24) is 10.2 Å². The molecular weight excluding hydrogens is 190 g/mol. The fraction of sp³-hybridized carbons (Fsp3) is 0.909. The predicted molar refractivity (Wildman–Crippen MR) is 61.5 cm³/mol. The van der Waals surface area contributed by atoms with E-state index in [1.165, 1.54) is 25.8 Å². The van der Waals surface area contributed by atoms with Crippen LogP contribution in [0.1, 0.15) is 32.6 Å². The average Bonchev–Trinajstić information content (AvgIpc) is 2.29. The number of rotatable bonds is 4. The molecule has 2 unspecified atom stereocenters. The molecule has 0 saturated carbocycles. The van der Waals surface area contributed by atoms with Crippen LogP contribution >= 0.6 is 0 Å². The number of nitrogens with one attached hydrogen (secondary N) is 1. The SMILES string of the molecule is CC(CC(N)=O)NC1CCCN(C)CC1. The van der Waals surface area contributed by atoms with Crippen LogP contribution in [0.15, 0.2) is 0 Å². The van der Waals surface area contributed by atoms with Gasteiger partial charge >= 0.3 is 0 Å². The molecule has 0 spiro atoms. The molecule has 0 radical (unpaired) electrons. The Hall–Kier alpha value is -0.610. The Labute approximate surface area is 92.2 Å². The minimum absolute atomic E-state index is 0.205. The average molecular weight is 213 g/mol. The highest BCUT2D eigenvalue weighted by Crippen LogP contribution is 2.10. The summed E-state index contributed by atoms with van der Waals surface area (Å²) in [5.41, 5.74) is 5.16. The number of carbonyl (C=O) groups is 1. The van der Waals surface area contributed by atoms with Crippen LogP contribution in [0.5, 0.6) is 0 Å². The monoisotopic (exact) mass is 213 g/mol. The largest absolute Gasteiger partial charge is 0.370 e. The minimum atomic E-state index is -0.222. The van der Waals surface area contributed by atoms with Gasteiger partial charge in [-0.2, -0.15) is 0 Å². The molecule has 1 aliphatic heterocycles. The predicted octanol–water partition coefficient (Wildman–Crippen LogP) is 0.324. The quantitative estimate of drug-likeness (QED) is 0.707. The fourth-order valence-corrected chi connectivity index (χ4v) is 2.17. The molecule has 1 fully saturated rings. The first-order chi connectivity index (χ1) is 7.08. The summed E-state index contributed by atoms with van der Waals surface area (Å²) in [5, 5.41) is 3.48. The molecule has 1 saturated heterocycles. The summed E-state index contributed by atoms with van der Waals surface area (Å²) in [5.74, 6) is -0.222. The molecule has 0 aliphatic carbocycles. The van der Waals surface area contributed by atoms with E-state index in [0.717, 1.165) is 6.54 Å². The van der Waals surface area contributed by atoms with Crippen LogP contribution in [-0.4, -0.2) is 43.0 Å². The number of carbonyl (C=O) groups excluding carboxylic acids is 1. The van der Waals surface area contributed by atoms with Gasteiger partial charge in [-0.25, -0.2) is 0 Å². The van der Waals surface area contributed by atoms with E-state index in [0.29, 0.717) is 12.5 Å². The van der Waals surface area contributed by atoms with Gasteiger partial charge in [-0.15, -0.1) is 0 Å². The van der Waals surface area contributed by atoms with E-state index >= 15 is 0 Å². The van der Waals surface area contributed by atoms with Crippen LogP contribution in [0.2, 0.25) is 0 Å². The van der Waals surface area contributed by atoms with Crippen LogP contribution < -0.4 is 11.1 Å². The topological polar surface area (TPSA) is 58.4 Å². The Balaban J connectivity index is 2.27. The highest BCUT2D eigenvalue weighted by Gasteiger charge is 2.17. The maximum Gasteiger partial charge on any atom is 0.218 e. The van der Waals surface area contributed by atoms with Gasteiger partial charge in [0.25, 0.3) is 0 Å². The smallest absolute Gasteiger partial charge is 0.218 e. The molecule has 0 bridgehead atoms. The van der Waals surface area contributed by atoms with E-state index in [4.69, 9.17) is 5.73 Å². The molecule has 0 aromatic rings. The third kappa shape index (κ3) is 5.14. The number of primary amides is 1. The van der Waals surface area contributed by atoms with E-state index in [9.17, 15) is 4.79 Å². The molecule has 88 valence electrons. The van der Waals surface area contributed by atoms with E-state index in [2.05, 4.69) is 17.3 Å². The van der Waals surface area contributed by atoms with Gasteiger partial charge < -0.3 is 16.0 Å². The summed E-state index contributed by atoms with van der Waals surface area (Å²) in [6.45, 7) is 4.35. The van der Waals surface area contributed by atoms with Crippen LogP contribution in [0.3, 0.4) is 0 Å². The Kier molecular flexibility index (Phi) is 5.05. The molecule has 15 heavy (non-hydrogen) atoms. The van der Waals surface area contributed by atoms with Crippen LogP contribution in [0.25, 0.3) is 0 Å². The Morgan fingerprint density at radius 2 is 2.27 bits per heavy atom. The lowest BCUT2D eigenvalue weighted by molar-refractivity contribution is -0.118. The summed E-state index contributed by atoms with van der Waals surface area (Å²) in [7, 11) is 2.16. The zero-order valence-corrected chi connectivity index (χ0v) is 9.83. The van der Waals surface area contributed by atoms with Gasteiger partial charge in [-0.05, 0) is 46.3 Å². The Bertz CT molecular complexity index is 208. The summed E-state index contributed by atoms with van der Waals surface area (Å²) >= 11 is 0. The Morgan fingerprint density at radius 3 is 2.93 bits per heavy atom. The van der Waals surface area contributed by atoms with Gasteiger partial charge in [-0.1, -0.05) is 0 Å². The number of nitrogens with zero attached hydrogens (tertiary/aromatic N) is 1. The molecule has 2 atom stereocenters. The van der Waals surface area contributed by atoms with Gasteiger partial charge in [0, 0.05) is 18.5 Å². The first-order valence-electron chi connectivity index (χ1n) is 5.81. The number of hydrogen-bond donors (Lipinski definition) is 2. The van der Waals surface area contributed by atoms with Gasteiger partial charge in [0.05, 0.1) is 0 Å². The summed E-state index contributed by atoms with van der Waals surface area (Å²) in [6, 6.07) is 0.750. The van der Waals surface area contributed by atoms with Gasteiger partial charge in [0.2, 0.25) is 5.91 Å². The zero-order valence-electron chi connectivity index (χ0n) is 9.83. The number of amides is 1. The van der Waals surface area contributed by atoms with Crippen LogP contribution in [-0.2, 0) is 4.79 Å². The maximum absolute atomic E-state index is 10.7. The lowest BCUT2D eigenvalue weighted by Crippen LogP contribution is -2.39. The summed E-state index contributed by atoms with van der Waals surface area (Å²) < 4.78 is 0. The van der Waals surface area contributed by atoms with Gasteiger partial charge in [0.15, 0.2) is 0 Å². The molecular formula is C11H23N3O. The molecule has 1 amide bonds. The second-order valence-corrected chi connectivity index (χ2v) is 4.67. The molecule has 4 heteroatoms. The third-order valence-corrected chi connectivity index (χ3v) is 2.98. The highest BCUT2D eigenvalue weighted by atomic mass is 16.1. The molecule has 4 nitrogen and oxygen atoms in total. The molecule has 0 aromatic carbocycles. The van der Waals surface area contributed by atoms with Crippen molar-refractivity contribution in [2.24, 2.45) is 5.73 Å². The van der Waals surface area contributed by atoms with Gasteiger partial charge in [0.1, 0.15) is 0 Å². The van der Waals surface area contributed by atoms with E-state index < -0.39 is 0 Å². The second kappa shape index (κ2) is 6.08. The van der Waals surface area contributed by atoms with Crippen molar-refractivity contribution in [3.05, 3.63) is 0 Å². The van der Waals surface area contributed by atoms with Crippen molar-refractivity contribution in [3.63, 3.8) is 0 Å². The Morgan fingerprint density at radius 1 is 1.53 bits per heavy atom. The molecule has 1 aliphatic rings. The standard InChI is InChI=1S/C11H23N3O/c1-9(8-11(12)15)13-10-4-3-6-14(2)7-5-10/h9-10,13H,3-8H2,1-2H3,(H2,12,15). The lowest BCUT2D eigenvalue weighted by atomic mass is 10.1. The van der Waals surface area contributed by atoms with E-state index in [1.807, 2.05) is 6.92 Å². The molecule has 3 N–H and O–H groups in total. The van der Waals surface area contributed by atoms with Crippen molar-refractivity contribution >= 4 is 5.91 Å². The second-order valence-electron chi connectivity index (χ2n) is 4.67. The zero-order chi connectivity index (χ0) is 11.3. The number of nitrogens with two attached hydrogens (primary N) is 1. The van der Waals surface area contributed by atoms with E-state index in [1.54, 1.807) is 0 Å². The molecule has 1 heterocycles. The normalized spacial score (nSPS) is 25.9. The maximum atomic E-state index is 10.7. The first-order valence-corrected chi connectivity index (χ1v) is 5.81. The summed E-state index contributed by atoms with van der Waals surface area (Å²) in [4.78, 5) is 13.1. The van der Waals surface area contributed by atoms with Crippen molar-refractivity contribution in [2.45, 2.75) is 44.7 Å². The molecule has 1 rings (SSSR count). The van der Waals surface area contributed by atoms with Crippen LogP contribution in [0.4, 0.5) is 0 Å². The third-order valence-electron chi connectivity index (χ3n) is 2.98. The number of likely N-dealkylation sites (tertiary alicyclic amines) is 1. The summed E-state index contributed by atoms with van der Waals surface area (Å²) in [6.07, 6.45) is 4.04. The van der Waals surface area contributed by atoms with E-state index in [-0.39, 0.29) is 11.9 Å². The lowest BCUT2D eigenvalue weighted by Gasteiger charge is -2.21. The van der Waals surface area contributed by atoms with Crippen LogP contribution in [0, 0.1) is 0 Å². The molecule has 0 aromatic heterocycles.